The van der Waals surface area contributed by atoms with Crippen LogP contribution in [0.5, 0.6) is 5.75 Å². The largest absolute Gasteiger partial charge is 0.497 e. The SMILES string of the molecule is COc1cccc(CN(C(=O)CSCc2cccc(C)c2)[C@@H](Cc2ccccc2)C(=O)NC2CCCC2)c1. The van der Waals surface area contributed by atoms with Crippen molar-refractivity contribution < 1.29 is 14.3 Å². The lowest BCUT2D eigenvalue weighted by Crippen LogP contribution is -2.52. The van der Waals surface area contributed by atoms with E-state index in [4.69, 9.17) is 4.74 Å². The minimum atomic E-state index is -0.601. The number of amides is 2. The molecule has 0 aromatic heterocycles. The summed E-state index contributed by atoms with van der Waals surface area (Å²) in [6.45, 7) is 2.42. The Morgan fingerprint density at radius 3 is 2.39 bits per heavy atom. The van der Waals surface area contributed by atoms with E-state index >= 15 is 0 Å². The Kier molecular flexibility index (Phi) is 10.3. The fourth-order valence-electron chi connectivity index (χ4n) is 5.03. The van der Waals surface area contributed by atoms with Crippen molar-refractivity contribution in [2.45, 2.75) is 63.4 Å². The number of nitrogens with zero attached hydrogens (tertiary/aromatic N) is 1. The highest BCUT2D eigenvalue weighted by Crippen LogP contribution is 2.22. The first-order chi connectivity index (χ1) is 18.5. The second-order valence-corrected chi connectivity index (χ2v) is 11.0. The van der Waals surface area contributed by atoms with Gasteiger partial charge in [-0.2, -0.15) is 0 Å². The fraction of sp³-hybridized carbons (Fsp3) is 0.375. The van der Waals surface area contributed by atoms with Crippen LogP contribution in [0.1, 0.15) is 47.9 Å². The van der Waals surface area contributed by atoms with Crippen molar-refractivity contribution >= 4 is 23.6 Å². The highest BCUT2D eigenvalue weighted by Gasteiger charge is 2.32. The zero-order valence-electron chi connectivity index (χ0n) is 22.4. The van der Waals surface area contributed by atoms with E-state index in [0.29, 0.717) is 18.7 Å². The van der Waals surface area contributed by atoms with E-state index in [9.17, 15) is 9.59 Å². The second-order valence-electron chi connectivity index (χ2n) is 10.1. The van der Waals surface area contributed by atoms with Crippen LogP contribution in [0, 0.1) is 6.92 Å². The first-order valence-electron chi connectivity index (χ1n) is 13.4. The van der Waals surface area contributed by atoms with Gasteiger partial charge in [0.05, 0.1) is 12.9 Å². The Morgan fingerprint density at radius 1 is 0.947 bits per heavy atom. The van der Waals surface area contributed by atoms with E-state index in [1.165, 1.54) is 11.1 Å². The Hall–Kier alpha value is -3.25. The average Bonchev–Trinajstić information content (AvgIpc) is 3.44. The highest BCUT2D eigenvalue weighted by atomic mass is 32.2. The molecule has 1 saturated carbocycles. The number of rotatable bonds is 12. The average molecular weight is 531 g/mol. The Balaban J connectivity index is 1.57. The third-order valence-corrected chi connectivity index (χ3v) is 8.02. The number of aryl methyl sites for hydroxylation is 1. The predicted octanol–water partition coefficient (Wildman–Crippen LogP) is 5.94. The lowest BCUT2D eigenvalue weighted by Gasteiger charge is -2.32. The molecule has 0 spiro atoms. The summed E-state index contributed by atoms with van der Waals surface area (Å²) in [5, 5.41) is 3.27. The number of hydrogen-bond acceptors (Lipinski definition) is 4. The first-order valence-corrected chi connectivity index (χ1v) is 14.6. The molecule has 200 valence electrons. The molecule has 1 atom stereocenters. The molecule has 5 nitrogen and oxygen atoms in total. The smallest absolute Gasteiger partial charge is 0.243 e. The van der Waals surface area contributed by atoms with E-state index in [-0.39, 0.29) is 17.9 Å². The molecule has 6 heteroatoms. The van der Waals surface area contributed by atoms with Gasteiger partial charge >= 0.3 is 0 Å². The minimum absolute atomic E-state index is 0.0343. The summed E-state index contributed by atoms with van der Waals surface area (Å²) in [5.41, 5.74) is 4.38. The van der Waals surface area contributed by atoms with Gasteiger partial charge in [-0.1, -0.05) is 85.1 Å². The van der Waals surface area contributed by atoms with Crippen LogP contribution in [0.15, 0.2) is 78.9 Å². The van der Waals surface area contributed by atoms with E-state index < -0.39 is 6.04 Å². The van der Waals surface area contributed by atoms with Gasteiger partial charge in [0.15, 0.2) is 0 Å². The zero-order chi connectivity index (χ0) is 26.7. The number of hydrogen-bond donors (Lipinski definition) is 1. The number of thioether (sulfide) groups is 1. The molecule has 1 aliphatic rings. The van der Waals surface area contributed by atoms with Crippen LogP contribution in [0.2, 0.25) is 0 Å². The third-order valence-electron chi connectivity index (χ3n) is 7.04. The predicted molar refractivity (Wildman–Crippen MR) is 155 cm³/mol. The fourth-order valence-corrected chi connectivity index (χ4v) is 5.89. The maximum absolute atomic E-state index is 13.8. The van der Waals surface area contributed by atoms with Crippen molar-refractivity contribution in [3.05, 3.63) is 101 Å². The third kappa shape index (κ3) is 8.12. The molecule has 3 aromatic carbocycles. The Morgan fingerprint density at radius 2 is 1.66 bits per heavy atom. The van der Waals surface area contributed by atoms with Gasteiger partial charge < -0.3 is 15.0 Å². The summed E-state index contributed by atoms with van der Waals surface area (Å²) in [5.74, 6) is 1.69. The summed E-state index contributed by atoms with van der Waals surface area (Å²) >= 11 is 1.59. The van der Waals surface area contributed by atoms with Crippen molar-refractivity contribution in [2.24, 2.45) is 0 Å². The molecule has 38 heavy (non-hydrogen) atoms. The molecule has 2 amide bonds. The number of carbonyl (C=O) groups is 2. The molecular formula is C32H38N2O3S. The van der Waals surface area contributed by atoms with Crippen LogP contribution in [-0.4, -0.2) is 41.7 Å². The molecule has 0 heterocycles. The van der Waals surface area contributed by atoms with Crippen LogP contribution in [-0.2, 0) is 28.3 Å². The summed E-state index contributed by atoms with van der Waals surface area (Å²) in [4.78, 5) is 29.4. The molecule has 0 bridgehead atoms. The van der Waals surface area contributed by atoms with Gasteiger partial charge in [-0.25, -0.2) is 0 Å². The lowest BCUT2D eigenvalue weighted by molar-refractivity contribution is -0.139. The van der Waals surface area contributed by atoms with E-state index in [1.807, 2.05) is 60.7 Å². The number of methoxy groups -OCH3 is 1. The van der Waals surface area contributed by atoms with Crippen LogP contribution in [0.25, 0.3) is 0 Å². The van der Waals surface area contributed by atoms with Crippen LogP contribution in [0.3, 0.4) is 0 Å². The summed E-state index contributed by atoms with van der Waals surface area (Å²) < 4.78 is 5.43. The van der Waals surface area contributed by atoms with E-state index in [0.717, 1.165) is 48.3 Å². The van der Waals surface area contributed by atoms with Crippen molar-refractivity contribution in [3.63, 3.8) is 0 Å². The van der Waals surface area contributed by atoms with Gasteiger partial charge in [0.25, 0.3) is 0 Å². The van der Waals surface area contributed by atoms with Crippen molar-refractivity contribution in [1.82, 2.24) is 10.2 Å². The first kappa shape index (κ1) is 27.8. The molecular weight excluding hydrogens is 492 g/mol. The van der Waals surface area contributed by atoms with Crippen LogP contribution in [0.4, 0.5) is 0 Å². The number of benzene rings is 3. The van der Waals surface area contributed by atoms with Gasteiger partial charge in [0.2, 0.25) is 11.8 Å². The molecule has 0 aliphatic heterocycles. The highest BCUT2D eigenvalue weighted by molar-refractivity contribution is 7.99. The summed E-state index contributed by atoms with van der Waals surface area (Å²) in [6, 6.07) is 25.7. The maximum atomic E-state index is 13.8. The quantitative estimate of drug-likeness (QED) is 0.315. The molecule has 1 aliphatic carbocycles. The van der Waals surface area contributed by atoms with Crippen molar-refractivity contribution in [1.29, 1.82) is 0 Å². The molecule has 4 rings (SSSR count). The molecule has 0 unspecified atom stereocenters. The Bertz CT molecular complexity index is 1190. The number of carbonyl (C=O) groups excluding carboxylic acids is 2. The van der Waals surface area contributed by atoms with Crippen molar-refractivity contribution in [2.75, 3.05) is 12.9 Å². The number of nitrogens with one attached hydrogen (secondary N) is 1. The van der Waals surface area contributed by atoms with Gasteiger partial charge in [-0.15, -0.1) is 11.8 Å². The molecule has 1 N–H and O–H groups in total. The van der Waals surface area contributed by atoms with Gasteiger partial charge in [-0.05, 0) is 48.6 Å². The normalized spacial score (nSPS) is 14.2. The molecule has 0 radical (unpaired) electrons. The maximum Gasteiger partial charge on any atom is 0.243 e. The number of ether oxygens (including phenoxy) is 1. The van der Waals surface area contributed by atoms with Crippen LogP contribution < -0.4 is 10.1 Å². The van der Waals surface area contributed by atoms with Gasteiger partial charge in [-0.3, -0.25) is 9.59 Å². The Labute approximate surface area is 231 Å². The van der Waals surface area contributed by atoms with E-state index in [1.54, 1.807) is 23.8 Å². The minimum Gasteiger partial charge on any atom is -0.497 e. The van der Waals surface area contributed by atoms with Gasteiger partial charge in [0, 0.05) is 24.8 Å². The van der Waals surface area contributed by atoms with Gasteiger partial charge in [0.1, 0.15) is 11.8 Å². The summed E-state index contributed by atoms with van der Waals surface area (Å²) in [7, 11) is 1.64. The standard InChI is InChI=1S/C32H38N2O3S/c1-24-10-8-14-27(18-24)22-38-23-31(35)34(21-26-13-9-17-29(19-26)37-2)30(20-25-11-4-3-5-12-25)32(36)33-28-15-6-7-16-28/h3-5,8-14,17-19,28,30H,6-7,15-16,20-23H2,1-2H3,(H,33,36)/t30-/m0/s1. The summed E-state index contributed by atoms with van der Waals surface area (Å²) in [6.07, 6.45) is 4.74. The van der Waals surface area contributed by atoms with Crippen LogP contribution >= 0.6 is 11.8 Å². The topological polar surface area (TPSA) is 58.6 Å². The van der Waals surface area contributed by atoms with E-state index in [2.05, 4.69) is 30.4 Å². The second kappa shape index (κ2) is 14.1. The molecule has 1 fully saturated rings. The van der Waals surface area contributed by atoms with Crippen molar-refractivity contribution in [3.8, 4) is 5.75 Å². The molecule has 0 saturated heterocycles. The zero-order valence-corrected chi connectivity index (χ0v) is 23.2. The molecule has 3 aromatic rings. The monoisotopic (exact) mass is 530 g/mol. The lowest BCUT2D eigenvalue weighted by atomic mass is 10.0.